The van der Waals surface area contributed by atoms with Crippen LogP contribution in [-0.4, -0.2) is 98.5 Å². The fourth-order valence-electron chi connectivity index (χ4n) is 4.58. The van der Waals surface area contributed by atoms with Crippen LogP contribution in [-0.2, 0) is 23.8 Å². The van der Waals surface area contributed by atoms with E-state index in [4.69, 9.17) is 19.2 Å². The summed E-state index contributed by atoms with van der Waals surface area (Å²) in [5.74, 6) is -0.340. The van der Waals surface area contributed by atoms with Crippen molar-refractivity contribution in [3.63, 3.8) is 0 Å². The van der Waals surface area contributed by atoms with Gasteiger partial charge in [0.05, 0.1) is 36.9 Å². The number of methoxy groups -OCH3 is 2. The van der Waals surface area contributed by atoms with Gasteiger partial charge in [-0.25, -0.2) is 9.79 Å². The molecular weight excluding hydrogens is 480 g/mol. The molecule has 0 spiro atoms. The predicted molar refractivity (Wildman–Crippen MR) is 139 cm³/mol. The summed E-state index contributed by atoms with van der Waals surface area (Å²) < 4.78 is 15.7. The summed E-state index contributed by atoms with van der Waals surface area (Å²) in [7, 11) is 3.27. The number of ether oxygens (including phenoxy) is 3. The van der Waals surface area contributed by atoms with Gasteiger partial charge in [-0.05, 0) is 17.9 Å². The Morgan fingerprint density at radius 1 is 1.03 bits per heavy atom. The summed E-state index contributed by atoms with van der Waals surface area (Å²) in [4.78, 5) is 37.5. The second kappa shape index (κ2) is 12.5. The van der Waals surface area contributed by atoms with Crippen molar-refractivity contribution in [2.24, 2.45) is 4.99 Å². The Labute approximate surface area is 216 Å². The number of fused-ring (bicyclic) bond motifs is 1. The molecule has 10 heteroatoms. The third-order valence-corrected chi connectivity index (χ3v) is 7.41. The number of hydrogen-bond donors (Lipinski definition) is 0. The maximum absolute atomic E-state index is 13.3. The van der Waals surface area contributed by atoms with Crippen LogP contribution in [0.2, 0.25) is 0 Å². The van der Waals surface area contributed by atoms with Crippen LogP contribution in [0, 0.1) is 0 Å². The number of piperazine rings is 1. The lowest BCUT2D eigenvalue weighted by Crippen LogP contribution is -2.49. The summed E-state index contributed by atoms with van der Waals surface area (Å²) in [6, 6.07) is 9.40. The van der Waals surface area contributed by atoms with Crippen LogP contribution in [0.25, 0.3) is 0 Å². The third kappa shape index (κ3) is 6.00. The maximum atomic E-state index is 13.3. The van der Waals surface area contributed by atoms with Gasteiger partial charge < -0.3 is 24.0 Å². The summed E-state index contributed by atoms with van der Waals surface area (Å²) >= 11 is 1.48. The summed E-state index contributed by atoms with van der Waals surface area (Å²) in [6.07, 6.45) is 0.248. The van der Waals surface area contributed by atoms with Crippen LogP contribution >= 0.6 is 11.8 Å². The second-order valence-corrected chi connectivity index (χ2v) is 9.66. The van der Waals surface area contributed by atoms with Gasteiger partial charge in [-0.2, -0.15) is 0 Å². The van der Waals surface area contributed by atoms with Gasteiger partial charge in [0.15, 0.2) is 5.17 Å². The number of nitrogens with zero attached hydrogens (tertiary/aromatic N) is 4. The molecule has 1 saturated heterocycles. The zero-order valence-electron chi connectivity index (χ0n) is 21.1. The Kier molecular flexibility index (Phi) is 9.19. The number of amides is 1. The molecule has 0 aromatic heterocycles. The van der Waals surface area contributed by atoms with Crippen molar-refractivity contribution >= 4 is 28.8 Å². The minimum Gasteiger partial charge on any atom is -0.460 e. The number of benzene rings is 1. The normalized spacial score (nSPS) is 20.2. The molecule has 36 heavy (non-hydrogen) atoms. The van der Waals surface area contributed by atoms with Gasteiger partial charge in [-0.15, -0.1) is 0 Å². The fraction of sp³-hybridized carbons (Fsp3) is 0.500. The Bertz CT molecular complexity index is 1030. The molecule has 1 amide bonds. The number of aliphatic imine (C=N–C) groups is 1. The Morgan fingerprint density at radius 2 is 1.75 bits per heavy atom. The van der Waals surface area contributed by atoms with E-state index < -0.39 is 12.0 Å². The zero-order valence-corrected chi connectivity index (χ0v) is 22.0. The molecule has 0 bridgehead atoms. The number of hydrogen-bond acceptors (Lipinski definition) is 9. The van der Waals surface area contributed by atoms with Crippen molar-refractivity contribution in [1.82, 2.24) is 14.7 Å². The monoisotopic (exact) mass is 514 g/mol. The van der Waals surface area contributed by atoms with Gasteiger partial charge in [0.2, 0.25) is 5.91 Å². The number of carbonyl (C=O) groups excluding carboxylic acids is 2. The maximum Gasteiger partial charge on any atom is 0.338 e. The smallest absolute Gasteiger partial charge is 0.338 e. The van der Waals surface area contributed by atoms with E-state index in [9.17, 15) is 9.59 Å². The van der Waals surface area contributed by atoms with Crippen LogP contribution in [0.15, 0.2) is 57.7 Å². The molecule has 0 N–H and O–H groups in total. The van der Waals surface area contributed by atoms with Crippen molar-refractivity contribution in [3.8, 4) is 0 Å². The minimum absolute atomic E-state index is 0.0804. The highest BCUT2D eigenvalue weighted by Crippen LogP contribution is 2.44. The standard InChI is InChI=1S/C26H34N4O5S/c1-19-23(25(32)35-16-15-34-3)24(20-7-5-4-6-8-20)30-21(18-36-26(30)27-19)17-22(31)29-11-9-28(10-12-29)13-14-33-2/h4-8,18,24H,9-17H2,1-3H3/t24-/m0/s1. The Hall–Kier alpha value is -2.66. The van der Waals surface area contributed by atoms with Crippen molar-refractivity contribution in [2.75, 3.05) is 66.8 Å². The van der Waals surface area contributed by atoms with E-state index in [1.165, 1.54) is 11.8 Å². The van der Waals surface area contributed by atoms with E-state index in [0.717, 1.165) is 36.1 Å². The quantitative estimate of drug-likeness (QED) is 0.348. The highest BCUT2D eigenvalue weighted by Gasteiger charge is 2.41. The number of rotatable bonds is 10. The first-order valence-corrected chi connectivity index (χ1v) is 13.1. The first kappa shape index (κ1) is 26.4. The summed E-state index contributed by atoms with van der Waals surface area (Å²) in [6.45, 7) is 6.96. The molecule has 1 atom stereocenters. The predicted octanol–water partition coefficient (Wildman–Crippen LogP) is 2.63. The van der Waals surface area contributed by atoms with Gasteiger partial charge in [-0.1, -0.05) is 42.1 Å². The van der Waals surface area contributed by atoms with Crippen LogP contribution in [0.1, 0.15) is 24.9 Å². The number of amidine groups is 1. The number of allylic oxidation sites excluding steroid dienone is 1. The Morgan fingerprint density at radius 3 is 2.44 bits per heavy atom. The van der Waals surface area contributed by atoms with Crippen LogP contribution < -0.4 is 0 Å². The van der Waals surface area contributed by atoms with Crippen LogP contribution in [0.4, 0.5) is 0 Å². The van der Waals surface area contributed by atoms with E-state index in [1.54, 1.807) is 14.2 Å². The average molecular weight is 515 g/mol. The van der Waals surface area contributed by atoms with Crippen molar-refractivity contribution < 1.29 is 23.8 Å². The van der Waals surface area contributed by atoms with E-state index in [1.807, 2.05) is 52.5 Å². The largest absolute Gasteiger partial charge is 0.460 e. The van der Waals surface area contributed by atoms with Gasteiger partial charge in [0, 0.05) is 52.6 Å². The molecule has 3 heterocycles. The van der Waals surface area contributed by atoms with Crippen LogP contribution in [0.5, 0.6) is 0 Å². The van der Waals surface area contributed by atoms with E-state index >= 15 is 0 Å². The van der Waals surface area contributed by atoms with Gasteiger partial charge in [0.1, 0.15) is 6.61 Å². The molecule has 0 aliphatic carbocycles. The van der Waals surface area contributed by atoms with E-state index in [-0.39, 0.29) is 18.9 Å². The molecule has 194 valence electrons. The molecule has 1 aromatic rings. The number of thioether (sulfide) groups is 1. The molecular formula is C26H34N4O5S. The SMILES string of the molecule is COCCOC(=O)C1=C(C)N=C2SC=C(CC(=O)N3CCN(CCOC)CC3)N2[C@H]1c1ccccc1. The Balaban J connectivity index is 1.52. The second-order valence-electron chi connectivity index (χ2n) is 8.82. The minimum atomic E-state index is -0.423. The molecule has 1 aromatic carbocycles. The highest BCUT2D eigenvalue weighted by molar-refractivity contribution is 8.16. The van der Waals surface area contributed by atoms with Crippen molar-refractivity contribution in [1.29, 1.82) is 0 Å². The molecule has 9 nitrogen and oxygen atoms in total. The van der Waals surface area contributed by atoms with Gasteiger partial charge in [0.25, 0.3) is 0 Å². The van der Waals surface area contributed by atoms with Crippen molar-refractivity contribution in [2.45, 2.75) is 19.4 Å². The van der Waals surface area contributed by atoms with E-state index in [0.29, 0.717) is 37.6 Å². The first-order valence-electron chi connectivity index (χ1n) is 12.2. The molecule has 0 unspecified atom stereocenters. The lowest BCUT2D eigenvalue weighted by atomic mass is 9.94. The highest BCUT2D eigenvalue weighted by atomic mass is 32.2. The van der Waals surface area contributed by atoms with E-state index in [2.05, 4.69) is 4.90 Å². The summed E-state index contributed by atoms with van der Waals surface area (Å²) in [5.41, 5.74) is 2.89. The molecule has 3 aliphatic rings. The third-order valence-electron chi connectivity index (χ3n) is 6.53. The summed E-state index contributed by atoms with van der Waals surface area (Å²) in [5, 5.41) is 2.75. The fourth-order valence-corrected chi connectivity index (χ4v) is 5.55. The van der Waals surface area contributed by atoms with Gasteiger partial charge in [-0.3, -0.25) is 9.69 Å². The van der Waals surface area contributed by atoms with Crippen LogP contribution in [0.3, 0.4) is 0 Å². The molecule has 3 aliphatic heterocycles. The zero-order chi connectivity index (χ0) is 25.5. The topological polar surface area (TPSA) is 83.9 Å². The molecule has 1 fully saturated rings. The average Bonchev–Trinajstić information content (AvgIpc) is 3.29. The lowest BCUT2D eigenvalue weighted by Gasteiger charge is -2.38. The molecule has 4 rings (SSSR count). The number of esters is 1. The molecule has 0 radical (unpaired) electrons. The lowest BCUT2D eigenvalue weighted by molar-refractivity contribution is -0.141. The number of carbonyl (C=O) groups is 2. The van der Waals surface area contributed by atoms with Crippen molar-refractivity contribution in [3.05, 3.63) is 58.3 Å². The first-order chi connectivity index (χ1) is 17.5. The van der Waals surface area contributed by atoms with Gasteiger partial charge >= 0.3 is 5.97 Å². The molecule has 0 saturated carbocycles.